The molecule has 0 N–H and O–H groups in total. The van der Waals surface area contributed by atoms with Gasteiger partial charge in [0, 0.05) is 17.8 Å². The fourth-order valence-electron chi connectivity index (χ4n) is 1.30. The van der Waals surface area contributed by atoms with Crippen LogP contribution in [-0.2, 0) is 6.42 Å². The molecule has 1 heterocycles. The van der Waals surface area contributed by atoms with E-state index < -0.39 is 0 Å². The van der Waals surface area contributed by atoms with Crippen LogP contribution in [-0.4, -0.2) is 18.2 Å². The van der Waals surface area contributed by atoms with Crippen LogP contribution in [0.3, 0.4) is 0 Å². The highest BCUT2D eigenvalue weighted by Crippen LogP contribution is 2.30. The zero-order valence-corrected chi connectivity index (χ0v) is 8.62. The number of methoxy groups -OCH3 is 1. The monoisotopic (exact) mass is 193 g/mol. The van der Waals surface area contributed by atoms with E-state index in [0.717, 1.165) is 17.7 Å². The predicted molar refractivity (Wildman–Crippen MR) is 53.8 cm³/mol. The van der Waals surface area contributed by atoms with Gasteiger partial charge in [0.25, 0.3) is 0 Å². The van der Waals surface area contributed by atoms with E-state index in [0.29, 0.717) is 12.0 Å². The van der Waals surface area contributed by atoms with Gasteiger partial charge in [-0.15, -0.1) is 0 Å². The third-order valence-corrected chi connectivity index (χ3v) is 2.33. The summed E-state index contributed by atoms with van der Waals surface area (Å²) in [5.74, 6) is 1.56. The minimum absolute atomic E-state index is 0.424. The summed E-state index contributed by atoms with van der Waals surface area (Å²) in [6.07, 6.45) is 5.55. The van der Waals surface area contributed by atoms with Gasteiger partial charge in [0.2, 0.25) is 5.88 Å². The molecule has 0 amide bonds. The maximum absolute atomic E-state index is 5.77. The van der Waals surface area contributed by atoms with Crippen LogP contribution in [0.15, 0.2) is 12.3 Å². The van der Waals surface area contributed by atoms with Gasteiger partial charge >= 0.3 is 0 Å². The van der Waals surface area contributed by atoms with Crippen LogP contribution in [0.25, 0.3) is 0 Å². The maximum atomic E-state index is 5.77. The van der Waals surface area contributed by atoms with Gasteiger partial charge in [0.15, 0.2) is 0 Å². The largest absolute Gasteiger partial charge is 0.490 e. The number of aryl methyl sites for hydroxylation is 1. The van der Waals surface area contributed by atoms with E-state index in [1.807, 2.05) is 12.3 Å². The van der Waals surface area contributed by atoms with E-state index in [2.05, 4.69) is 11.9 Å². The Morgan fingerprint density at radius 1 is 1.50 bits per heavy atom. The van der Waals surface area contributed by atoms with Gasteiger partial charge < -0.3 is 9.47 Å². The molecule has 0 unspecified atom stereocenters. The van der Waals surface area contributed by atoms with Crippen molar-refractivity contribution < 1.29 is 9.47 Å². The van der Waals surface area contributed by atoms with Crippen LogP contribution in [0.5, 0.6) is 11.6 Å². The fraction of sp³-hybridized carbons (Fsp3) is 0.545. The van der Waals surface area contributed by atoms with Crippen LogP contribution in [0, 0.1) is 0 Å². The Morgan fingerprint density at radius 2 is 2.29 bits per heavy atom. The first kappa shape index (κ1) is 9.31. The van der Waals surface area contributed by atoms with Gasteiger partial charge in [-0.25, -0.2) is 4.98 Å². The number of aromatic nitrogens is 1. The van der Waals surface area contributed by atoms with Gasteiger partial charge in [-0.1, -0.05) is 6.92 Å². The van der Waals surface area contributed by atoms with E-state index in [1.165, 1.54) is 12.8 Å². The van der Waals surface area contributed by atoms with Crippen molar-refractivity contribution >= 4 is 0 Å². The summed E-state index contributed by atoms with van der Waals surface area (Å²) in [6.45, 7) is 2.10. The molecule has 3 nitrogen and oxygen atoms in total. The molecule has 0 radical (unpaired) electrons. The Hall–Kier alpha value is -1.25. The number of hydrogen-bond acceptors (Lipinski definition) is 3. The molecular formula is C11H15NO2. The van der Waals surface area contributed by atoms with Crippen LogP contribution in [0.1, 0.15) is 25.3 Å². The van der Waals surface area contributed by atoms with E-state index in [4.69, 9.17) is 9.47 Å². The summed E-state index contributed by atoms with van der Waals surface area (Å²) in [5, 5.41) is 0. The van der Waals surface area contributed by atoms with Crippen LogP contribution < -0.4 is 9.47 Å². The third-order valence-electron chi connectivity index (χ3n) is 2.33. The minimum atomic E-state index is 0.424. The first-order valence-electron chi connectivity index (χ1n) is 5.03. The van der Waals surface area contributed by atoms with Gasteiger partial charge in [-0.05, 0) is 19.3 Å². The van der Waals surface area contributed by atoms with Gasteiger partial charge in [-0.2, -0.15) is 0 Å². The molecule has 14 heavy (non-hydrogen) atoms. The van der Waals surface area contributed by atoms with E-state index in [9.17, 15) is 0 Å². The lowest BCUT2D eigenvalue weighted by molar-refractivity contribution is 0.296. The molecule has 1 aromatic rings. The standard InChI is InChI=1S/C11H15NO2/c1-3-8-7-12-11(13-2)6-10(8)14-9-4-5-9/h6-7,9H,3-5H2,1-2H3. The molecule has 1 aliphatic carbocycles. The lowest BCUT2D eigenvalue weighted by Crippen LogP contribution is -2.01. The molecule has 0 spiro atoms. The lowest BCUT2D eigenvalue weighted by atomic mass is 10.2. The van der Waals surface area contributed by atoms with Crippen molar-refractivity contribution in [2.45, 2.75) is 32.3 Å². The fourth-order valence-corrected chi connectivity index (χ4v) is 1.30. The lowest BCUT2D eigenvalue weighted by Gasteiger charge is -2.10. The van der Waals surface area contributed by atoms with Crippen molar-refractivity contribution in [2.75, 3.05) is 7.11 Å². The predicted octanol–water partition coefficient (Wildman–Crippen LogP) is 2.19. The summed E-state index contributed by atoms with van der Waals surface area (Å²) in [4.78, 5) is 4.15. The topological polar surface area (TPSA) is 31.4 Å². The molecule has 1 saturated carbocycles. The quantitative estimate of drug-likeness (QED) is 0.734. The number of nitrogens with zero attached hydrogens (tertiary/aromatic N) is 1. The Kier molecular flexibility index (Phi) is 2.57. The first-order chi connectivity index (χ1) is 6.83. The summed E-state index contributed by atoms with van der Waals surface area (Å²) in [7, 11) is 1.62. The Labute approximate surface area is 84.1 Å². The Morgan fingerprint density at radius 3 is 2.86 bits per heavy atom. The molecule has 0 saturated heterocycles. The van der Waals surface area contributed by atoms with Crippen LogP contribution >= 0.6 is 0 Å². The molecule has 2 rings (SSSR count). The van der Waals surface area contributed by atoms with E-state index >= 15 is 0 Å². The molecule has 1 aliphatic rings. The SMILES string of the molecule is CCc1cnc(OC)cc1OC1CC1. The smallest absolute Gasteiger partial charge is 0.216 e. The zero-order chi connectivity index (χ0) is 9.97. The highest BCUT2D eigenvalue weighted by molar-refractivity contribution is 5.35. The summed E-state index contributed by atoms with van der Waals surface area (Å²) < 4.78 is 10.8. The molecule has 1 fully saturated rings. The average molecular weight is 193 g/mol. The Bertz CT molecular complexity index is 321. The zero-order valence-electron chi connectivity index (χ0n) is 8.62. The van der Waals surface area contributed by atoms with E-state index in [1.54, 1.807) is 7.11 Å². The van der Waals surface area contributed by atoms with Gasteiger partial charge in [0.1, 0.15) is 5.75 Å². The molecule has 76 valence electrons. The molecule has 3 heteroatoms. The van der Waals surface area contributed by atoms with Gasteiger partial charge in [0.05, 0.1) is 13.2 Å². The molecule has 0 bridgehead atoms. The highest BCUT2D eigenvalue weighted by Gasteiger charge is 2.24. The number of ether oxygens (including phenoxy) is 2. The van der Waals surface area contributed by atoms with Crippen molar-refractivity contribution in [3.05, 3.63) is 17.8 Å². The van der Waals surface area contributed by atoms with Crippen molar-refractivity contribution in [1.29, 1.82) is 0 Å². The second-order valence-electron chi connectivity index (χ2n) is 3.51. The molecule has 1 aromatic heterocycles. The van der Waals surface area contributed by atoms with E-state index in [-0.39, 0.29) is 0 Å². The maximum Gasteiger partial charge on any atom is 0.216 e. The first-order valence-corrected chi connectivity index (χ1v) is 5.03. The second kappa shape index (κ2) is 3.86. The van der Waals surface area contributed by atoms with Crippen molar-refractivity contribution in [3.8, 4) is 11.6 Å². The van der Waals surface area contributed by atoms with Crippen LogP contribution in [0.4, 0.5) is 0 Å². The van der Waals surface area contributed by atoms with Crippen molar-refractivity contribution in [1.82, 2.24) is 4.98 Å². The molecule has 0 aliphatic heterocycles. The number of pyridine rings is 1. The normalized spacial score (nSPS) is 15.3. The molecule has 0 aromatic carbocycles. The van der Waals surface area contributed by atoms with Crippen molar-refractivity contribution in [3.63, 3.8) is 0 Å². The highest BCUT2D eigenvalue weighted by atomic mass is 16.5. The molecular weight excluding hydrogens is 178 g/mol. The minimum Gasteiger partial charge on any atom is -0.490 e. The second-order valence-corrected chi connectivity index (χ2v) is 3.51. The van der Waals surface area contributed by atoms with Gasteiger partial charge in [-0.3, -0.25) is 0 Å². The number of hydrogen-bond donors (Lipinski definition) is 0. The number of rotatable bonds is 4. The van der Waals surface area contributed by atoms with Crippen molar-refractivity contribution in [2.24, 2.45) is 0 Å². The molecule has 0 atom stereocenters. The summed E-state index contributed by atoms with van der Waals surface area (Å²) in [6, 6.07) is 1.87. The summed E-state index contributed by atoms with van der Waals surface area (Å²) >= 11 is 0. The average Bonchev–Trinajstić information content (AvgIpc) is 3.01. The summed E-state index contributed by atoms with van der Waals surface area (Å²) in [5.41, 5.74) is 1.15. The third kappa shape index (κ3) is 1.97. The van der Waals surface area contributed by atoms with Crippen LogP contribution in [0.2, 0.25) is 0 Å². The Balaban J connectivity index is 2.21.